The highest BCUT2D eigenvalue weighted by molar-refractivity contribution is 5.84. The number of aryl methyl sites for hydroxylation is 1. The van der Waals surface area contributed by atoms with E-state index in [1.807, 2.05) is 6.92 Å². The zero-order valence-corrected chi connectivity index (χ0v) is 17.3. The third-order valence-corrected chi connectivity index (χ3v) is 9.51. The predicted octanol–water partition coefficient (Wildman–Crippen LogP) is 2.07. The van der Waals surface area contributed by atoms with Crippen LogP contribution in [0.1, 0.15) is 50.8 Å². The average molecular weight is 398 g/mol. The second-order valence-electron chi connectivity index (χ2n) is 11.0. The van der Waals surface area contributed by atoms with E-state index in [0.717, 1.165) is 38.8 Å². The Balaban J connectivity index is 0.925. The van der Waals surface area contributed by atoms with Gasteiger partial charge in [0, 0.05) is 50.2 Å². The lowest BCUT2D eigenvalue weighted by molar-refractivity contribution is -0.158. The molecule has 2 unspecified atom stereocenters. The second kappa shape index (κ2) is 5.54. The fourth-order valence-corrected chi connectivity index (χ4v) is 7.44. The Kier molecular flexibility index (Phi) is 3.26. The van der Waals surface area contributed by atoms with E-state index in [2.05, 4.69) is 24.8 Å². The molecule has 29 heavy (non-hydrogen) atoms. The first-order chi connectivity index (χ1) is 14.1. The Bertz CT molecular complexity index is 840. The van der Waals surface area contributed by atoms with Gasteiger partial charge in [-0.2, -0.15) is 4.98 Å². The number of aromatic nitrogens is 2. The minimum atomic E-state index is 0.319. The van der Waals surface area contributed by atoms with E-state index in [1.54, 1.807) is 0 Å². The molecule has 1 amide bonds. The van der Waals surface area contributed by atoms with Gasteiger partial charge in [0.1, 0.15) is 0 Å². The van der Waals surface area contributed by atoms with E-state index in [-0.39, 0.29) is 0 Å². The van der Waals surface area contributed by atoms with E-state index in [4.69, 9.17) is 4.52 Å². The summed E-state index contributed by atoms with van der Waals surface area (Å²) in [6.07, 6.45) is 8.94. The van der Waals surface area contributed by atoms with Crippen LogP contribution in [-0.4, -0.2) is 70.2 Å². The largest absolute Gasteiger partial charge is 0.337 e. The van der Waals surface area contributed by atoms with Gasteiger partial charge in [-0.15, -0.1) is 0 Å². The van der Waals surface area contributed by atoms with E-state index >= 15 is 0 Å². The number of piperidine rings is 1. The molecule has 0 radical (unpaired) electrons. The number of amides is 1. The molecule has 0 bridgehead atoms. The minimum Gasteiger partial charge on any atom is -0.337 e. The maximum Gasteiger partial charge on any atom is 0.324 e. The monoisotopic (exact) mass is 397 g/mol. The van der Waals surface area contributed by atoms with E-state index in [0.29, 0.717) is 46.5 Å². The van der Waals surface area contributed by atoms with Gasteiger partial charge >= 0.3 is 6.01 Å². The zero-order valence-electron chi connectivity index (χ0n) is 17.3. The fourth-order valence-electron chi connectivity index (χ4n) is 7.44. The van der Waals surface area contributed by atoms with Gasteiger partial charge in [0.25, 0.3) is 0 Å². The molecule has 0 aromatic carbocycles. The van der Waals surface area contributed by atoms with Crippen LogP contribution < -0.4 is 4.90 Å². The molecule has 156 valence electrons. The SMILES string of the molecule is Cc1noc(N2CCC3(CC(N4CC5C(C4)C5C(=O)N4CCC45CCC5)C3)C2)n1. The molecule has 2 spiro atoms. The predicted molar refractivity (Wildman–Crippen MR) is 106 cm³/mol. The maximum atomic E-state index is 13.0. The van der Waals surface area contributed by atoms with Crippen molar-refractivity contribution < 1.29 is 9.32 Å². The number of rotatable bonds is 3. The van der Waals surface area contributed by atoms with Crippen molar-refractivity contribution in [1.29, 1.82) is 0 Å². The quantitative estimate of drug-likeness (QED) is 0.778. The number of likely N-dealkylation sites (tertiary alicyclic amines) is 2. The Morgan fingerprint density at radius 3 is 2.48 bits per heavy atom. The Morgan fingerprint density at radius 1 is 1.10 bits per heavy atom. The smallest absolute Gasteiger partial charge is 0.324 e. The van der Waals surface area contributed by atoms with Crippen molar-refractivity contribution >= 4 is 11.9 Å². The molecule has 7 nitrogen and oxygen atoms in total. The molecular weight excluding hydrogens is 366 g/mol. The van der Waals surface area contributed by atoms with E-state index < -0.39 is 0 Å². The molecule has 3 saturated heterocycles. The van der Waals surface area contributed by atoms with Crippen LogP contribution >= 0.6 is 0 Å². The molecule has 3 aliphatic carbocycles. The van der Waals surface area contributed by atoms with Gasteiger partial charge in [-0.3, -0.25) is 9.69 Å². The summed E-state index contributed by atoms with van der Waals surface area (Å²) in [6, 6.07) is 1.42. The summed E-state index contributed by atoms with van der Waals surface area (Å²) in [4.78, 5) is 24.7. The lowest BCUT2D eigenvalue weighted by Crippen LogP contribution is -2.66. The van der Waals surface area contributed by atoms with Gasteiger partial charge in [0.05, 0.1) is 0 Å². The number of hydrogen-bond acceptors (Lipinski definition) is 6. The first kappa shape index (κ1) is 17.1. The second-order valence-corrected chi connectivity index (χ2v) is 11.0. The van der Waals surface area contributed by atoms with Crippen LogP contribution in [0.15, 0.2) is 4.52 Å². The molecule has 2 atom stereocenters. The van der Waals surface area contributed by atoms with Crippen molar-refractivity contribution in [3.05, 3.63) is 5.82 Å². The number of carbonyl (C=O) groups is 1. The number of hydrogen-bond donors (Lipinski definition) is 0. The fraction of sp³-hybridized carbons (Fsp3) is 0.864. The average Bonchev–Trinajstić information content (AvgIpc) is 3.05. The Labute approximate surface area is 171 Å². The van der Waals surface area contributed by atoms with Crippen LogP contribution in [0, 0.1) is 30.1 Å². The van der Waals surface area contributed by atoms with Crippen LogP contribution in [0.4, 0.5) is 6.01 Å². The van der Waals surface area contributed by atoms with Gasteiger partial charge in [-0.25, -0.2) is 0 Å². The number of carbonyl (C=O) groups excluding carboxylic acids is 1. The molecule has 7 heteroatoms. The summed E-state index contributed by atoms with van der Waals surface area (Å²) < 4.78 is 5.37. The summed E-state index contributed by atoms with van der Waals surface area (Å²) in [5.41, 5.74) is 0.766. The first-order valence-corrected chi connectivity index (χ1v) is 11.7. The summed E-state index contributed by atoms with van der Waals surface area (Å²) in [5.74, 6) is 2.89. The number of nitrogens with zero attached hydrogens (tertiary/aromatic N) is 5. The van der Waals surface area contributed by atoms with Crippen molar-refractivity contribution in [2.24, 2.45) is 23.2 Å². The standard InChI is InChI=1S/C22H31N5O2/c1-14-23-20(29-24-14)25-7-5-21(13-25)9-15(10-21)26-11-16-17(12-26)18(16)19(28)27-8-6-22(27)3-2-4-22/h15-18H,2-13H2,1H3. The molecule has 6 fully saturated rings. The van der Waals surface area contributed by atoms with Crippen molar-refractivity contribution in [3.8, 4) is 0 Å². The van der Waals surface area contributed by atoms with Gasteiger partial charge < -0.3 is 14.3 Å². The molecule has 1 aromatic heterocycles. The molecule has 4 heterocycles. The summed E-state index contributed by atoms with van der Waals surface area (Å²) in [6.45, 7) is 7.32. The first-order valence-electron chi connectivity index (χ1n) is 11.7. The summed E-state index contributed by atoms with van der Waals surface area (Å²) in [5, 5.41) is 3.94. The normalized spacial score (nSPS) is 42.0. The van der Waals surface area contributed by atoms with Crippen molar-refractivity contribution in [1.82, 2.24) is 19.9 Å². The van der Waals surface area contributed by atoms with Gasteiger partial charge in [-0.1, -0.05) is 5.16 Å². The maximum absolute atomic E-state index is 13.0. The molecule has 6 aliphatic rings. The van der Waals surface area contributed by atoms with Gasteiger partial charge in [-0.05, 0) is 69.1 Å². The third kappa shape index (κ3) is 2.31. The van der Waals surface area contributed by atoms with Crippen LogP contribution in [0.25, 0.3) is 0 Å². The highest BCUT2D eigenvalue weighted by atomic mass is 16.5. The van der Waals surface area contributed by atoms with Crippen molar-refractivity contribution in [3.63, 3.8) is 0 Å². The van der Waals surface area contributed by atoms with Crippen molar-refractivity contribution in [2.75, 3.05) is 37.6 Å². The van der Waals surface area contributed by atoms with Gasteiger partial charge in [0.15, 0.2) is 5.82 Å². The Morgan fingerprint density at radius 2 is 1.90 bits per heavy atom. The van der Waals surface area contributed by atoms with Crippen LogP contribution in [0.2, 0.25) is 0 Å². The Hall–Kier alpha value is -1.63. The molecule has 7 rings (SSSR count). The lowest BCUT2D eigenvalue weighted by atomic mass is 9.64. The van der Waals surface area contributed by atoms with Crippen LogP contribution in [0.3, 0.4) is 0 Å². The molecular formula is C22H31N5O2. The van der Waals surface area contributed by atoms with Crippen LogP contribution in [-0.2, 0) is 4.79 Å². The molecule has 3 saturated carbocycles. The van der Waals surface area contributed by atoms with Crippen molar-refractivity contribution in [2.45, 2.75) is 63.5 Å². The highest BCUT2D eigenvalue weighted by Gasteiger charge is 2.65. The minimum absolute atomic E-state index is 0.319. The molecule has 1 aromatic rings. The number of fused-ring (bicyclic) bond motifs is 1. The molecule has 0 N–H and O–H groups in total. The summed E-state index contributed by atoms with van der Waals surface area (Å²) >= 11 is 0. The number of anilines is 1. The highest BCUT2D eigenvalue weighted by Crippen LogP contribution is 2.59. The topological polar surface area (TPSA) is 65.7 Å². The molecule has 3 aliphatic heterocycles. The zero-order chi connectivity index (χ0) is 19.4. The van der Waals surface area contributed by atoms with E-state index in [9.17, 15) is 4.79 Å². The van der Waals surface area contributed by atoms with Gasteiger partial charge in [0.2, 0.25) is 5.91 Å². The third-order valence-electron chi connectivity index (χ3n) is 9.51. The lowest BCUT2D eigenvalue weighted by Gasteiger charge is -2.59. The van der Waals surface area contributed by atoms with E-state index in [1.165, 1.54) is 44.9 Å². The summed E-state index contributed by atoms with van der Waals surface area (Å²) in [7, 11) is 0. The van der Waals surface area contributed by atoms with Crippen LogP contribution in [0.5, 0.6) is 0 Å².